The summed E-state index contributed by atoms with van der Waals surface area (Å²) in [6.45, 7) is 3.09. The molecule has 0 aliphatic carbocycles. The van der Waals surface area contributed by atoms with E-state index in [9.17, 15) is 19.7 Å². The van der Waals surface area contributed by atoms with E-state index in [0.29, 0.717) is 0 Å². The standard InChI is InChI=1S/C13H16N6O5/c1-4-24-13(21)9-5-14-17(3)12(9)15-11(20)7-18-6-10(19(22)23)8(2)16-18/h5-6H,4,7H2,1-3H3,(H,15,20). The monoisotopic (exact) mass is 336 g/mol. The molecule has 24 heavy (non-hydrogen) atoms. The van der Waals surface area contributed by atoms with Gasteiger partial charge in [-0.25, -0.2) is 4.79 Å². The van der Waals surface area contributed by atoms with Crippen LogP contribution < -0.4 is 5.32 Å². The summed E-state index contributed by atoms with van der Waals surface area (Å²) in [5, 5.41) is 21.1. The van der Waals surface area contributed by atoms with Crippen LogP contribution in [0.4, 0.5) is 11.5 Å². The zero-order valence-electron chi connectivity index (χ0n) is 13.3. The summed E-state index contributed by atoms with van der Waals surface area (Å²) < 4.78 is 7.37. The number of ether oxygens (including phenoxy) is 1. The number of nitrogens with one attached hydrogen (secondary N) is 1. The molecule has 2 rings (SSSR count). The van der Waals surface area contributed by atoms with Gasteiger partial charge in [-0.1, -0.05) is 0 Å². The number of rotatable bonds is 6. The number of aromatic nitrogens is 4. The molecule has 0 fully saturated rings. The minimum atomic E-state index is -0.605. The van der Waals surface area contributed by atoms with Crippen molar-refractivity contribution in [2.24, 2.45) is 7.05 Å². The number of nitro groups is 1. The lowest BCUT2D eigenvalue weighted by Gasteiger charge is -2.08. The van der Waals surface area contributed by atoms with Crippen LogP contribution in [-0.4, -0.2) is 43.0 Å². The molecule has 128 valence electrons. The first-order valence-corrected chi connectivity index (χ1v) is 7.00. The largest absolute Gasteiger partial charge is 0.462 e. The van der Waals surface area contributed by atoms with Gasteiger partial charge < -0.3 is 10.1 Å². The van der Waals surface area contributed by atoms with Gasteiger partial charge in [0.05, 0.1) is 17.7 Å². The first kappa shape index (κ1) is 17.1. The Morgan fingerprint density at radius 1 is 1.46 bits per heavy atom. The van der Waals surface area contributed by atoms with Crippen molar-refractivity contribution >= 4 is 23.4 Å². The lowest BCUT2D eigenvalue weighted by atomic mass is 10.3. The highest BCUT2D eigenvalue weighted by molar-refractivity contribution is 6.00. The molecule has 11 heteroatoms. The molecule has 0 bridgehead atoms. The molecule has 1 amide bonds. The van der Waals surface area contributed by atoms with Gasteiger partial charge in [-0.05, 0) is 13.8 Å². The van der Waals surface area contributed by atoms with Gasteiger partial charge >= 0.3 is 11.7 Å². The van der Waals surface area contributed by atoms with Crippen LogP contribution >= 0.6 is 0 Å². The van der Waals surface area contributed by atoms with Crippen LogP contribution in [0.15, 0.2) is 12.4 Å². The third kappa shape index (κ3) is 3.56. The lowest BCUT2D eigenvalue weighted by Crippen LogP contribution is -2.22. The summed E-state index contributed by atoms with van der Waals surface area (Å²) in [5.41, 5.74) is 0.159. The maximum atomic E-state index is 12.1. The number of carbonyl (C=O) groups is 2. The molecule has 0 aromatic carbocycles. The van der Waals surface area contributed by atoms with Gasteiger partial charge in [0.2, 0.25) is 5.91 Å². The SMILES string of the molecule is CCOC(=O)c1cnn(C)c1NC(=O)Cn1cc([N+](=O)[O-])c(C)n1. The van der Waals surface area contributed by atoms with Crippen molar-refractivity contribution in [1.29, 1.82) is 0 Å². The predicted molar refractivity (Wildman–Crippen MR) is 81.4 cm³/mol. The molecule has 0 saturated carbocycles. The van der Waals surface area contributed by atoms with Crippen molar-refractivity contribution in [3.63, 3.8) is 0 Å². The molecule has 1 N–H and O–H groups in total. The van der Waals surface area contributed by atoms with Gasteiger partial charge in [0, 0.05) is 7.05 Å². The molecule has 0 aliphatic heterocycles. The van der Waals surface area contributed by atoms with Crippen LogP contribution in [0.1, 0.15) is 23.0 Å². The van der Waals surface area contributed by atoms with E-state index in [2.05, 4.69) is 15.5 Å². The molecule has 2 aromatic heterocycles. The zero-order chi connectivity index (χ0) is 17.9. The Hall–Kier alpha value is -3.24. The molecule has 2 aromatic rings. The number of hydrogen-bond donors (Lipinski definition) is 1. The second kappa shape index (κ2) is 6.89. The molecule has 2 heterocycles. The second-order valence-corrected chi connectivity index (χ2v) is 4.85. The number of esters is 1. The molecule has 0 aliphatic rings. The van der Waals surface area contributed by atoms with E-state index in [4.69, 9.17) is 4.74 Å². The van der Waals surface area contributed by atoms with Gasteiger partial charge in [-0.15, -0.1) is 0 Å². The predicted octanol–water partition coefficient (Wildman–Crippen LogP) is 0.649. The van der Waals surface area contributed by atoms with Crippen LogP contribution in [0.25, 0.3) is 0 Å². The highest BCUT2D eigenvalue weighted by atomic mass is 16.6. The summed E-state index contributed by atoms with van der Waals surface area (Å²) in [6.07, 6.45) is 2.46. The quantitative estimate of drug-likeness (QED) is 0.465. The molecular weight excluding hydrogens is 320 g/mol. The van der Waals surface area contributed by atoms with Gasteiger partial charge in [0.25, 0.3) is 0 Å². The zero-order valence-corrected chi connectivity index (χ0v) is 13.3. The van der Waals surface area contributed by atoms with Crippen LogP contribution in [0.2, 0.25) is 0 Å². The minimum Gasteiger partial charge on any atom is -0.462 e. The fourth-order valence-corrected chi connectivity index (χ4v) is 2.03. The number of carbonyl (C=O) groups excluding carboxylic acids is 2. The molecule has 0 atom stereocenters. The van der Waals surface area contributed by atoms with Crippen molar-refractivity contribution in [2.75, 3.05) is 11.9 Å². The molecule has 0 radical (unpaired) electrons. The summed E-state index contributed by atoms with van der Waals surface area (Å²) in [4.78, 5) is 34.2. The Bertz CT molecular complexity index is 793. The maximum absolute atomic E-state index is 12.1. The van der Waals surface area contributed by atoms with E-state index in [0.717, 1.165) is 4.68 Å². The van der Waals surface area contributed by atoms with Crippen LogP contribution in [0.5, 0.6) is 0 Å². The summed E-state index contributed by atoms with van der Waals surface area (Å²) in [7, 11) is 1.56. The first-order chi connectivity index (χ1) is 11.3. The molecule has 0 saturated heterocycles. The van der Waals surface area contributed by atoms with Crippen molar-refractivity contribution in [1.82, 2.24) is 19.6 Å². The van der Waals surface area contributed by atoms with E-state index < -0.39 is 16.8 Å². The van der Waals surface area contributed by atoms with Crippen LogP contribution in [-0.2, 0) is 23.1 Å². The van der Waals surface area contributed by atoms with Crippen LogP contribution in [0, 0.1) is 17.0 Å². The fraction of sp³-hybridized carbons (Fsp3) is 0.385. The molecule has 0 unspecified atom stereocenters. The van der Waals surface area contributed by atoms with E-state index in [1.165, 1.54) is 24.0 Å². The third-order valence-corrected chi connectivity index (χ3v) is 3.11. The summed E-state index contributed by atoms with van der Waals surface area (Å²) in [5.74, 6) is -0.940. The van der Waals surface area contributed by atoms with Crippen molar-refractivity contribution in [3.05, 3.63) is 33.8 Å². The first-order valence-electron chi connectivity index (χ1n) is 7.00. The van der Waals surface area contributed by atoms with Crippen molar-refractivity contribution < 1.29 is 19.2 Å². The lowest BCUT2D eigenvalue weighted by molar-refractivity contribution is -0.385. The van der Waals surface area contributed by atoms with Gasteiger partial charge in [0.1, 0.15) is 29.8 Å². The average Bonchev–Trinajstić information content (AvgIpc) is 3.03. The highest BCUT2D eigenvalue weighted by Crippen LogP contribution is 2.17. The van der Waals surface area contributed by atoms with Crippen molar-refractivity contribution in [2.45, 2.75) is 20.4 Å². The summed E-state index contributed by atoms with van der Waals surface area (Å²) in [6, 6.07) is 0. The average molecular weight is 336 g/mol. The third-order valence-electron chi connectivity index (χ3n) is 3.11. The van der Waals surface area contributed by atoms with E-state index >= 15 is 0 Å². The van der Waals surface area contributed by atoms with Gasteiger partial charge in [0.15, 0.2) is 0 Å². The Morgan fingerprint density at radius 3 is 2.75 bits per heavy atom. The smallest absolute Gasteiger partial charge is 0.343 e. The van der Waals surface area contributed by atoms with E-state index in [-0.39, 0.29) is 35.9 Å². The number of aryl methyl sites for hydroxylation is 2. The number of hydrogen-bond acceptors (Lipinski definition) is 7. The Kier molecular flexibility index (Phi) is 4.92. The number of amides is 1. The Morgan fingerprint density at radius 2 is 2.17 bits per heavy atom. The molecule has 0 spiro atoms. The molecule has 11 nitrogen and oxygen atoms in total. The van der Waals surface area contributed by atoms with Crippen LogP contribution in [0.3, 0.4) is 0 Å². The Balaban J connectivity index is 2.13. The number of nitrogens with zero attached hydrogens (tertiary/aromatic N) is 5. The normalized spacial score (nSPS) is 10.5. The van der Waals surface area contributed by atoms with Gasteiger partial charge in [-0.3, -0.25) is 24.3 Å². The fourth-order valence-electron chi connectivity index (χ4n) is 2.03. The topological polar surface area (TPSA) is 134 Å². The highest BCUT2D eigenvalue weighted by Gasteiger charge is 2.21. The van der Waals surface area contributed by atoms with Gasteiger partial charge in [-0.2, -0.15) is 10.2 Å². The Labute approximate surface area is 136 Å². The van der Waals surface area contributed by atoms with Crippen molar-refractivity contribution in [3.8, 4) is 0 Å². The maximum Gasteiger partial charge on any atom is 0.343 e. The summed E-state index contributed by atoms with van der Waals surface area (Å²) >= 11 is 0. The second-order valence-electron chi connectivity index (χ2n) is 4.85. The minimum absolute atomic E-state index is 0.121. The number of anilines is 1. The van der Waals surface area contributed by atoms with E-state index in [1.807, 2.05) is 0 Å². The van der Waals surface area contributed by atoms with E-state index in [1.54, 1.807) is 14.0 Å². The molecular formula is C13H16N6O5.